The van der Waals surface area contributed by atoms with Gasteiger partial charge in [0, 0.05) is 11.4 Å². The van der Waals surface area contributed by atoms with Crippen molar-refractivity contribution in [3.63, 3.8) is 0 Å². The van der Waals surface area contributed by atoms with Gasteiger partial charge in [-0.15, -0.1) is 12.3 Å². The molecule has 1 aromatic rings. The number of benzene rings is 1. The summed E-state index contributed by atoms with van der Waals surface area (Å²) in [5, 5.41) is 3.43. The lowest BCUT2D eigenvalue weighted by Gasteiger charge is -2.17. The van der Waals surface area contributed by atoms with Crippen LogP contribution in [0.25, 0.3) is 0 Å². The van der Waals surface area contributed by atoms with E-state index in [0.29, 0.717) is 5.02 Å². The Kier molecular flexibility index (Phi) is 5.02. The molecule has 1 aromatic carbocycles. The summed E-state index contributed by atoms with van der Waals surface area (Å²) in [5.74, 6) is 2.11. The number of hydrogen-bond acceptors (Lipinski definition) is 2. The third-order valence-electron chi connectivity index (χ3n) is 2.38. The molecule has 0 saturated carbocycles. The number of nitrogens with one attached hydrogen (secondary N) is 1. The predicted molar refractivity (Wildman–Crippen MR) is 69.4 cm³/mol. The summed E-state index contributed by atoms with van der Waals surface area (Å²) in [6, 6.07) is 6.50. The van der Waals surface area contributed by atoms with Gasteiger partial charge in [0.2, 0.25) is 5.91 Å². The van der Waals surface area contributed by atoms with E-state index in [1.165, 1.54) is 0 Å². The first kappa shape index (κ1) is 13.6. The van der Waals surface area contributed by atoms with Crippen LogP contribution in [0.1, 0.15) is 24.9 Å². The van der Waals surface area contributed by atoms with Crippen molar-refractivity contribution >= 4 is 17.5 Å². The minimum atomic E-state index is -0.665. The number of nitrogens with two attached hydrogens (primary N) is 1. The Labute approximate surface area is 106 Å². The van der Waals surface area contributed by atoms with Gasteiger partial charge in [-0.3, -0.25) is 4.79 Å². The zero-order valence-corrected chi connectivity index (χ0v) is 10.4. The number of halogens is 1. The highest BCUT2D eigenvalue weighted by Gasteiger charge is 2.15. The molecule has 90 valence electrons. The van der Waals surface area contributed by atoms with Crippen LogP contribution in [0.4, 0.5) is 0 Å². The van der Waals surface area contributed by atoms with Crippen molar-refractivity contribution in [2.75, 3.05) is 0 Å². The molecular weight excluding hydrogens is 236 g/mol. The van der Waals surface area contributed by atoms with E-state index in [2.05, 4.69) is 11.2 Å². The lowest BCUT2D eigenvalue weighted by atomic mass is 10.1. The number of carbonyl (C=O) groups is 1. The summed E-state index contributed by atoms with van der Waals surface area (Å²) in [5.41, 5.74) is 6.53. The van der Waals surface area contributed by atoms with Crippen molar-refractivity contribution < 1.29 is 4.79 Å². The van der Waals surface area contributed by atoms with Gasteiger partial charge < -0.3 is 11.1 Å². The fourth-order valence-corrected chi connectivity index (χ4v) is 1.60. The average molecular weight is 251 g/mol. The van der Waals surface area contributed by atoms with Crippen LogP contribution in [-0.4, -0.2) is 11.9 Å². The second-order valence-electron chi connectivity index (χ2n) is 3.80. The molecule has 1 rings (SSSR count). The monoisotopic (exact) mass is 250 g/mol. The molecule has 1 amide bonds. The highest BCUT2D eigenvalue weighted by Crippen LogP contribution is 2.17. The van der Waals surface area contributed by atoms with Crippen molar-refractivity contribution in [3.05, 3.63) is 34.9 Å². The van der Waals surface area contributed by atoms with Crippen molar-refractivity contribution in [3.8, 4) is 12.3 Å². The van der Waals surface area contributed by atoms with Crippen LogP contribution in [0, 0.1) is 12.3 Å². The summed E-state index contributed by atoms with van der Waals surface area (Å²) in [6.45, 7) is 1.87. The number of amides is 1. The van der Waals surface area contributed by atoms with Gasteiger partial charge >= 0.3 is 0 Å². The second kappa shape index (κ2) is 6.29. The lowest BCUT2D eigenvalue weighted by Crippen LogP contribution is -2.41. The predicted octanol–water partition coefficient (Wildman–Crippen LogP) is 1.87. The van der Waals surface area contributed by atoms with Gasteiger partial charge in [0.15, 0.2) is 0 Å². The first-order valence-corrected chi connectivity index (χ1v) is 5.67. The van der Waals surface area contributed by atoms with Crippen molar-refractivity contribution in [1.82, 2.24) is 5.32 Å². The van der Waals surface area contributed by atoms with Crippen LogP contribution >= 0.6 is 11.6 Å². The van der Waals surface area contributed by atoms with Gasteiger partial charge in [-0.2, -0.15) is 0 Å². The minimum absolute atomic E-state index is 0.148. The highest BCUT2D eigenvalue weighted by molar-refractivity contribution is 6.30. The molecule has 17 heavy (non-hydrogen) atoms. The van der Waals surface area contributed by atoms with Gasteiger partial charge in [-0.25, -0.2) is 0 Å². The van der Waals surface area contributed by atoms with Crippen LogP contribution in [0.3, 0.4) is 0 Å². The van der Waals surface area contributed by atoms with E-state index < -0.39 is 6.04 Å². The topological polar surface area (TPSA) is 55.1 Å². The van der Waals surface area contributed by atoms with Gasteiger partial charge in [-0.05, 0) is 24.6 Å². The number of rotatable bonds is 4. The molecular formula is C13H15ClN2O. The van der Waals surface area contributed by atoms with Crippen molar-refractivity contribution in [2.24, 2.45) is 5.73 Å². The first-order chi connectivity index (χ1) is 8.04. The van der Waals surface area contributed by atoms with Crippen molar-refractivity contribution in [2.45, 2.75) is 25.4 Å². The number of terminal acetylenes is 1. The SMILES string of the molecule is C#CCC(N)C(=O)N[C@@H](C)c1cccc(Cl)c1. The summed E-state index contributed by atoms with van der Waals surface area (Å²) in [4.78, 5) is 11.6. The Hall–Kier alpha value is -1.50. The van der Waals surface area contributed by atoms with E-state index in [-0.39, 0.29) is 18.4 Å². The Morgan fingerprint density at radius 1 is 1.65 bits per heavy atom. The van der Waals surface area contributed by atoms with Gasteiger partial charge in [0.05, 0.1) is 12.1 Å². The molecule has 0 heterocycles. The molecule has 0 spiro atoms. The van der Waals surface area contributed by atoms with Crippen molar-refractivity contribution in [1.29, 1.82) is 0 Å². The van der Waals surface area contributed by atoms with Crippen LogP contribution in [-0.2, 0) is 4.79 Å². The standard InChI is InChI=1S/C13H15ClN2O/c1-3-5-12(15)13(17)16-9(2)10-6-4-7-11(14)8-10/h1,4,6-9,12H,5,15H2,2H3,(H,16,17)/t9-,12?/m0/s1. The molecule has 0 aromatic heterocycles. The third kappa shape index (κ3) is 4.10. The molecule has 0 bridgehead atoms. The smallest absolute Gasteiger partial charge is 0.238 e. The Bertz CT molecular complexity index is 439. The zero-order chi connectivity index (χ0) is 12.8. The molecule has 0 aliphatic rings. The molecule has 3 nitrogen and oxygen atoms in total. The lowest BCUT2D eigenvalue weighted by molar-refractivity contribution is -0.122. The zero-order valence-electron chi connectivity index (χ0n) is 9.61. The van der Waals surface area contributed by atoms with Gasteiger partial charge in [0.25, 0.3) is 0 Å². The Morgan fingerprint density at radius 2 is 2.35 bits per heavy atom. The minimum Gasteiger partial charge on any atom is -0.348 e. The fraction of sp³-hybridized carbons (Fsp3) is 0.308. The maximum Gasteiger partial charge on any atom is 0.238 e. The highest BCUT2D eigenvalue weighted by atomic mass is 35.5. The molecule has 0 radical (unpaired) electrons. The van der Waals surface area contributed by atoms with Gasteiger partial charge in [0.1, 0.15) is 0 Å². The maximum absolute atomic E-state index is 11.6. The Morgan fingerprint density at radius 3 is 2.94 bits per heavy atom. The molecule has 0 aliphatic carbocycles. The van der Waals surface area contributed by atoms with E-state index >= 15 is 0 Å². The van der Waals surface area contributed by atoms with Crippen LogP contribution in [0.15, 0.2) is 24.3 Å². The molecule has 0 fully saturated rings. The quantitative estimate of drug-likeness (QED) is 0.802. The number of hydrogen-bond donors (Lipinski definition) is 2. The maximum atomic E-state index is 11.6. The molecule has 2 atom stereocenters. The summed E-state index contributed by atoms with van der Waals surface area (Å²) in [6.07, 6.45) is 5.33. The molecule has 4 heteroatoms. The Balaban J connectivity index is 2.64. The normalized spacial score (nSPS) is 13.5. The fourth-order valence-electron chi connectivity index (χ4n) is 1.40. The second-order valence-corrected chi connectivity index (χ2v) is 4.24. The molecule has 1 unspecified atom stereocenters. The molecule has 0 saturated heterocycles. The third-order valence-corrected chi connectivity index (χ3v) is 2.62. The average Bonchev–Trinajstić information content (AvgIpc) is 2.29. The summed E-state index contributed by atoms with van der Waals surface area (Å²) < 4.78 is 0. The van der Waals surface area contributed by atoms with E-state index in [0.717, 1.165) is 5.56 Å². The van der Waals surface area contributed by atoms with E-state index in [1.54, 1.807) is 12.1 Å². The van der Waals surface area contributed by atoms with E-state index in [9.17, 15) is 4.79 Å². The summed E-state index contributed by atoms with van der Waals surface area (Å²) in [7, 11) is 0. The van der Waals surface area contributed by atoms with Crippen LogP contribution in [0.2, 0.25) is 5.02 Å². The molecule has 0 aliphatic heterocycles. The van der Waals surface area contributed by atoms with Crippen LogP contribution in [0.5, 0.6) is 0 Å². The number of carbonyl (C=O) groups excluding carboxylic acids is 1. The van der Waals surface area contributed by atoms with Crippen LogP contribution < -0.4 is 11.1 Å². The first-order valence-electron chi connectivity index (χ1n) is 5.29. The van der Waals surface area contributed by atoms with E-state index in [4.69, 9.17) is 23.8 Å². The van der Waals surface area contributed by atoms with E-state index in [1.807, 2.05) is 19.1 Å². The van der Waals surface area contributed by atoms with Gasteiger partial charge in [-0.1, -0.05) is 23.7 Å². The summed E-state index contributed by atoms with van der Waals surface area (Å²) >= 11 is 5.87. The largest absolute Gasteiger partial charge is 0.348 e. The molecule has 3 N–H and O–H groups in total.